The van der Waals surface area contributed by atoms with Gasteiger partial charge in [-0.25, -0.2) is 0 Å². The number of nitrogens with zero attached hydrogens (tertiary/aromatic N) is 2. The summed E-state index contributed by atoms with van der Waals surface area (Å²) in [6.07, 6.45) is 1.82. The minimum absolute atomic E-state index is 0.361. The fourth-order valence-corrected chi connectivity index (χ4v) is 3.07. The Labute approximate surface area is 134 Å². The summed E-state index contributed by atoms with van der Waals surface area (Å²) in [5.41, 5.74) is 1.54. The maximum Gasteiger partial charge on any atom is 0.109 e. The van der Waals surface area contributed by atoms with Crippen molar-refractivity contribution in [3.8, 4) is 6.07 Å². The summed E-state index contributed by atoms with van der Waals surface area (Å²) in [5, 5.41) is 10.1. The van der Waals surface area contributed by atoms with Crippen molar-refractivity contribution < 1.29 is 0 Å². The molecule has 2 aromatic carbocycles. The number of rotatable bonds is 6. The third-order valence-corrected chi connectivity index (χ3v) is 4.47. The summed E-state index contributed by atoms with van der Waals surface area (Å²) in [5.74, 6) is 0. The van der Waals surface area contributed by atoms with Crippen molar-refractivity contribution in [2.24, 2.45) is 0 Å². The maximum atomic E-state index is 10.1. The Bertz CT molecular complexity index is 572. The highest BCUT2D eigenvalue weighted by Gasteiger charge is 2.37. The van der Waals surface area contributed by atoms with Crippen LogP contribution in [-0.4, -0.2) is 25.0 Å². The second-order valence-corrected chi connectivity index (χ2v) is 5.98. The molecule has 0 aliphatic heterocycles. The molecule has 0 saturated heterocycles. The van der Waals surface area contributed by atoms with Crippen LogP contribution in [0.3, 0.4) is 0 Å². The van der Waals surface area contributed by atoms with Crippen molar-refractivity contribution in [3.63, 3.8) is 0 Å². The van der Waals surface area contributed by atoms with Crippen LogP contribution >= 0.6 is 0 Å². The minimum atomic E-state index is -0.604. The average Bonchev–Trinajstić information content (AvgIpc) is 2.58. The summed E-state index contributed by atoms with van der Waals surface area (Å²) in [4.78, 5) is 2.22. The van der Waals surface area contributed by atoms with Crippen LogP contribution in [0.1, 0.15) is 30.9 Å². The molecule has 0 radical (unpaired) electrons. The third kappa shape index (κ3) is 3.21. The lowest BCUT2D eigenvalue weighted by atomic mass is 9.71. The molecule has 114 valence electrons. The molecule has 0 N–H and O–H groups in total. The molecule has 2 heteroatoms. The maximum absolute atomic E-state index is 10.1. The Hall–Kier alpha value is -2.11. The summed E-state index contributed by atoms with van der Waals surface area (Å²) < 4.78 is 0. The van der Waals surface area contributed by atoms with Crippen LogP contribution in [0.4, 0.5) is 0 Å². The summed E-state index contributed by atoms with van der Waals surface area (Å²) in [6, 6.07) is 23.3. The van der Waals surface area contributed by atoms with E-state index in [0.717, 1.165) is 24.0 Å². The molecular weight excluding hydrogens is 268 g/mol. The molecule has 1 unspecified atom stereocenters. The monoisotopic (exact) mass is 292 g/mol. The van der Waals surface area contributed by atoms with Crippen molar-refractivity contribution in [2.45, 2.75) is 31.2 Å². The molecule has 0 heterocycles. The molecule has 22 heavy (non-hydrogen) atoms. The number of hydrogen-bond acceptors (Lipinski definition) is 2. The van der Waals surface area contributed by atoms with Crippen molar-refractivity contribution >= 4 is 0 Å². The van der Waals surface area contributed by atoms with E-state index in [2.05, 4.69) is 56.3 Å². The molecule has 2 nitrogen and oxygen atoms in total. The van der Waals surface area contributed by atoms with E-state index in [4.69, 9.17) is 0 Å². The molecule has 0 aliphatic rings. The summed E-state index contributed by atoms with van der Waals surface area (Å²) in [7, 11) is 4.18. The van der Waals surface area contributed by atoms with Crippen molar-refractivity contribution in [1.29, 1.82) is 5.26 Å². The van der Waals surface area contributed by atoms with E-state index >= 15 is 0 Å². The first-order chi connectivity index (χ1) is 10.6. The first-order valence-electron chi connectivity index (χ1n) is 7.82. The Morgan fingerprint density at radius 2 is 1.41 bits per heavy atom. The van der Waals surface area contributed by atoms with E-state index in [1.54, 1.807) is 0 Å². The molecular formula is C20H24N2. The predicted octanol–water partition coefficient (Wildman–Crippen LogP) is 4.23. The number of hydrogen-bond donors (Lipinski definition) is 0. The van der Waals surface area contributed by atoms with Gasteiger partial charge in [-0.3, -0.25) is 0 Å². The third-order valence-electron chi connectivity index (χ3n) is 4.47. The second kappa shape index (κ2) is 7.24. The fraction of sp³-hybridized carbons (Fsp3) is 0.350. The van der Waals surface area contributed by atoms with Gasteiger partial charge in [0.2, 0.25) is 0 Å². The summed E-state index contributed by atoms with van der Waals surface area (Å²) in [6.45, 7) is 2.18. The van der Waals surface area contributed by atoms with Crippen LogP contribution < -0.4 is 0 Å². The number of nitriles is 1. The fourth-order valence-electron chi connectivity index (χ4n) is 3.07. The van der Waals surface area contributed by atoms with Gasteiger partial charge >= 0.3 is 0 Å². The molecule has 0 spiro atoms. The van der Waals surface area contributed by atoms with Crippen LogP contribution in [0.25, 0.3) is 0 Å². The smallest absolute Gasteiger partial charge is 0.109 e. The van der Waals surface area contributed by atoms with Crippen LogP contribution in [0.15, 0.2) is 60.7 Å². The number of benzene rings is 2. The van der Waals surface area contributed by atoms with Gasteiger partial charge in [0.05, 0.1) is 6.07 Å². The van der Waals surface area contributed by atoms with Gasteiger partial charge in [-0.15, -0.1) is 0 Å². The van der Waals surface area contributed by atoms with Gasteiger partial charge in [-0.2, -0.15) is 5.26 Å². The van der Waals surface area contributed by atoms with Gasteiger partial charge < -0.3 is 4.90 Å². The normalized spacial score (nSPS) is 12.9. The Balaban J connectivity index is 2.56. The van der Waals surface area contributed by atoms with Crippen molar-refractivity contribution in [3.05, 3.63) is 71.8 Å². The zero-order valence-corrected chi connectivity index (χ0v) is 13.7. The van der Waals surface area contributed by atoms with Gasteiger partial charge in [0, 0.05) is 6.04 Å². The van der Waals surface area contributed by atoms with E-state index in [-0.39, 0.29) is 0 Å². The zero-order chi connectivity index (χ0) is 16.0. The second-order valence-electron chi connectivity index (χ2n) is 5.98. The molecule has 0 amide bonds. The molecule has 0 fully saturated rings. The average molecular weight is 292 g/mol. The Morgan fingerprint density at radius 1 is 0.955 bits per heavy atom. The van der Waals surface area contributed by atoms with Crippen LogP contribution in [0, 0.1) is 11.3 Å². The molecule has 0 bridgehead atoms. The molecule has 1 atom stereocenters. The van der Waals surface area contributed by atoms with Crippen LogP contribution in [0.2, 0.25) is 0 Å². The molecule has 0 aromatic heterocycles. The van der Waals surface area contributed by atoms with E-state index < -0.39 is 5.41 Å². The van der Waals surface area contributed by atoms with Crippen LogP contribution in [0.5, 0.6) is 0 Å². The highest BCUT2D eigenvalue weighted by Crippen LogP contribution is 2.37. The van der Waals surface area contributed by atoms with E-state index in [9.17, 15) is 5.26 Å². The molecule has 0 aliphatic carbocycles. The van der Waals surface area contributed by atoms with Gasteiger partial charge in [-0.1, -0.05) is 67.6 Å². The quantitative estimate of drug-likeness (QED) is 0.797. The van der Waals surface area contributed by atoms with Crippen molar-refractivity contribution in [1.82, 2.24) is 4.90 Å². The SMILES string of the molecule is CCC(CC(C#N)(c1ccccc1)c1ccccc1)N(C)C. The lowest BCUT2D eigenvalue weighted by Gasteiger charge is -2.34. The lowest BCUT2D eigenvalue weighted by molar-refractivity contribution is 0.249. The Kier molecular flexibility index (Phi) is 5.35. The molecule has 0 saturated carbocycles. The van der Waals surface area contributed by atoms with E-state index in [1.165, 1.54) is 0 Å². The zero-order valence-electron chi connectivity index (χ0n) is 13.7. The first-order valence-corrected chi connectivity index (χ1v) is 7.82. The van der Waals surface area contributed by atoms with Gasteiger partial charge in [0.15, 0.2) is 0 Å². The van der Waals surface area contributed by atoms with Crippen molar-refractivity contribution in [2.75, 3.05) is 14.1 Å². The topological polar surface area (TPSA) is 27.0 Å². The predicted molar refractivity (Wildman–Crippen MR) is 91.7 cm³/mol. The lowest BCUT2D eigenvalue weighted by Crippen LogP contribution is -2.37. The standard InChI is InChI=1S/C20H24N2/c1-4-19(22(2)3)15-20(16-21,17-11-7-5-8-12-17)18-13-9-6-10-14-18/h5-14,19H,4,15H2,1-3H3. The largest absolute Gasteiger partial charge is 0.306 e. The summed E-state index contributed by atoms with van der Waals surface area (Å²) >= 11 is 0. The first kappa shape index (κ1) is 16.3. The van der Waals surface area contributed by atoms with Gasteiger partial charge in [0.25, 0.3) is 0 Å². The van der Waals surface area contributed by atoms with Gasteiger partial charge in [-0.05, 0) is 38.1 Å². The van der Waals surface area contributed by atoms with E-state index in [1.807, 2.05) is 36.4 Å². The van der Waals surface area contributed by atoms with Crippen LogP contribution in [-0.2, 0) is 5.41 Å². The Morgan fingerprint density at radius 3 is 1.73 bits per heavy atom. The minimum Gasteiger partial charge on any atom is -0.306 e. The highest BCUT2D eigenvalue weighted by molar-refractivity contribution is 5.46. The molecule has 2 aromatic rings. The highest BCUT2D eigenvalue weighted by atomic mass is 15.1. The van der Waals surface area contributed by atoms with Gasteiger partial charge in [0.1, 0.15) is 5.41 Å². The van der Waals surface area contributed by atoms with E-state index in [0.29, 0.717) is 6.04 Å². The molecule has 2 rings (SSSR count).